The number of nitrogens with zero attached hydrogens (tertiary/aromatic N) is 1. The van der Waals surface area contributed by atoms with Gasteiger partial charge < -0.3 is 14.8 Å². The maximum Gasteiger partial charge on any atom is 0.243 e. The van der Waals surface area contributed by atoms with Crippen LogP contribution in [0.2, 0.25) is 0 Å². The average molecular weight is 493 g/mol. The normalized spacial score (nSPS) is 16.4. The Morgan fingerprint density at radius 1 is 0.914 bits per heavy atom. The van der Waals surface area contributed by atoms with Gasteiger partial charge in [0.1, 0.15) is 17.2 Å². The first-order valence-electron chi connectivity index (χ1n) is 11.8. The zero-order chi connectivity index (χ0) is 24.4. The molecule has 7 nitrogen and oxygen atoms in total. The molecule has 35 heavy (non-hydrogen) atoms. The van der Waals surface area contributed by atoms with Crippen molar-refractivity contribution in [1.29, 1.82) is 0 Å². The predicted molar refractivity (Wildman–Crippen MR) is 134 cm³/mol. The number of ether oxygens (including phenoxy) is 2. The molecule has 2 heterocycles. The van der Waals surface area contributed by atoms with Gasteiger partial charge in [-0.15, -0.1) is 0 Å². The van der Waals surface area contributed by atoms with Crippen LogP contribution < -0.4 is 14.8 Å². The van der Waals surface area contributed by atoms with Crippen molar-refractivity contribution >= 4 is 21.6 Å². The molecule has 1 N–H and O–H groups in total. The van der Waals surface area contributed by atoms with Gasteiger partial charge in [0, 0.05) is 24.2 Å². The number of carbonyl (C=O) groups excluding carboxylic acids is 1. The van der Waals surface area contributed by atoms with Gasteiger partial charge in [-0.25, -0.2) is 8.42 Å². The second-order valence-electron chi connectivity index (χ2n) is 8.78. The van der Waals surface area contributed by atoms with E-state index in [2.05, 4.69) is 5.32 Å². The van der Waals surface area contributed by atoms with Crippen molar-refractivity contribution < 1.29 is 22.7 Å². The number of sulfonamides is 1. The first kappa shape index (κ1) is 23.4. The number of hydrogen-bond donors (Lipinski definition) is 1. The van der Waals surface area contributed by atoms with Crippen LogP contribution in [-0.2, 0) is 14.8 Å². The van der Waals surface area contributed by atoms with Crippen molar-refractivity contribution in [3.63, 3.8) is 0 Å². The van der Waals surface area contributed by atoms with Crippen molar-refractivity contribution in [1.82, 2.24) is 4.31 Å². The summed E-state index contributed by atoms with van der Waals surface area (Å²) in [4.78, 5) is 13.8. The average Bonchev–Trinajstić information content (AvgIpc) is 3.17. The van der Waals surface area contributed by atoms with E-state index in [1.165, 1.54) is 19.2 Å². The SMILES string of the molecule is COc1ccc(S(=O)(=O)N2CCCCCC2)cc1NC(=O)C1c2ccccc2Oc2ccccc21. The van der Waals surface area contributed by atoms with Gasteiger partial charge in [0.25, 0.3) is 0 Å². The Kier molecular flexibility index (Phi) is 6.49. The lowest BCUT2D eigenvalue weighted by molar-refractivity contribution is -0.116. The molecule has 3 aromatic rings. The van der Waals surface area contributed by atoms with E-state index in [4.69, 9.17) is 9.47 Å². The van der Waals surface area contributed by atoms with E-state index in [-0.39, 0.29) is 10.8 Å². The number of fused-ring (bicyclic) bond motifs is 2. The van der Waals surface area contributed by atoms with E-state index < -0.39 is 15.9 Å². The van der Waals surface area contributed by atoms with Crippen LogP contribution >= 0.6 is 0 Å². The van der Waals surface area contributed by atoms with E-state index >= 15 is 0 Å². The van der Waals surface area contributed by atoms with Crippen LogP contribution in [0.4, 0.5) is 5.69 Å². The van der Waals surface area contributed by atoms with Crippen molar-refractivity contribution in [2.45, 2.75) is 36.5 Å². The fourth-order valence-corrected chi connectivity index (χ4v) is 6.32. The molecule has 5 rings (SSSR count). The standard InChI is InChI=1S/C27H28N2O5S/c1-33-25-15-14-19(35(31,32)29-16-8-2-3-9-17-29)18-22(25)28-27(30)26-20-10-4-6-12-23(20)34-24-13-7-5-11-21(24)26/h4-7,10-15,18,26H,2-3,8-9,16-17H2,1H3,(H,28,30). The van der Waals surface area contributed by atoms with Crippen LogP contribution in [0.5, 0.6) is 17.2 Å². The van der Waals surface area contributed by atoms with Crippen molar-refractivity contribution in [3.05, 3.63) is 77.9 Å². The maximum absolute atomic E-state index is 13.7. The molecule has 0 aromatic heterocycles. The molecule has 182 valence electrons. The third-order valence-electron chi connectivity index (χ3n) is 6.57. The molecular weight excluding hydrogens is 464 g/mol. The Hall–Kier alpha value is -3.36. The molecule has 0 unspecified atom stereocenters. The number of anilines is 1. The van der Waals surface area contributed by atoms with E-state index in [1.54, 1.807) is 10.4 Å². The minimum atomic E-state index is -3.68. The van der Waals surface area contributed by atoms with Crippen LogP contribution in [-0.4, -0.2) is 38.8 Å². The van der Waals surface area contributed by atoms with Gasteiger partial charge in [-0.2, -0.15) is 4.31 Å². The number of benzene rings is 3. The minimum Gasteiger partial charge on any atom is -0.495 e. The van der Waals surface area contributed by atoms with Gasteiger partial charge in [0.15, 0.2) is 0 Å². The molecular formula is C27H28N2O5S. The highest BCUT2D eigenvalue weighted by molar-refractivity contribution is 7.89. The first-order chi connectivity index (χ1) is 17.0. The summed E-state index contributed by atoms with van der Waals surface area (Å²) in [5.41, 5.74) is 1.81. The number of rotatable bonds is 5. The molecule has 8 heteroatoms. The molecule has 0 aliphatic carbocycles. The number of amides is 1. The van der Waals surface area contributed by atoms with Gasteiger partial charge >= 0.3 is 0 Å². The summed E-state index contributed by atoms with van der Waals surface area (Å²) in [7, 11) is -2.19. The number of para-hydroxylation sites is 2. The predicted octanol–water partition coefficient (Wildman–Crippen LogP) is 5.14. The van der Waals surface area contributed by atoms with Crippen LogP contribution in [0.1, 0.15) is 42.7 Å². The second-order valence-corrected chi connectivity index (χ2v) is 10.7. The lowest BCUT2D eigenvalue weighted by Gasteiger charge is -2.27. The second kappa shape index (κ2) is 9.71. The Bertz CT molecular complexity index is 1300. The van der Waals surface area contributed by atoms with Crippen LogP contribution in [0.25, 0.3) is 0 Å². The van der Waals surface area contributed by atoms with Crippen molar-refractivity contribution in [3.8, 4) is 17.2 Å². The fraction of sp³-hybridized carbons (Fsp3) is 0.296. The topological polar surface area (TPSA) is 84.9 Å². The molecule has 0 radical (unpaired) electrons. The minimum absolute atomic E-state index is 0.142. The Morgan fingerprint density at radius 2 is 1.51 bits per heavy atom. The maximum atomic E-state index is 13.7. The Balaban J connectivity index is 1.50. The Morgan fingerprint density at radius 3 is 2.11 bits per heavy atom. The highest BCUT2D eigenvalue weighted by Gasteiger charge is 2.33. The molecule has 0 atom stereocenters. The number of carbonyl (C=O) groups is 1. The molecule has 1 amide bonds. The van der Waals surface area contributed by atoms with Gasteiger partial charge in [-0.1, -0.05) is 49.2 Å². The summed E-state index contributed by atoms with van der Waals surface area (Å²) in [5.74, 6) is 0.718. The zero-order valence-corrected chi connectivity index (χ0v) is 20.4. The molecule has 2 aliphatic heterocycles. The molecule has 2 aliphatic rings. The largest absolute Gasteiger partial charge is 0.495 e. The van der Waals surface area contributed by atoms with Crippen molar-refractivity contribution in [2.75, 3.05) is 25.5 Å². The highest BCUT2D eigenvalue weighted by Crippen LogP contribution is 2.44. The lowest BCUT2D eigenvalue weighted by atomic mass is 9.87. The molecule has 1 saturated heterocycles. The van der Waals surface area contributed by atoms with Crippen molar-refractivity contribution in [2.24, 2.45) is 0 Å². The summed E-state index contributed by atoms with van der Waals surface area (Å²) in [5, 5.41) is 2.94. The number of nitrogens with one attached hydrogen (secondary N) is 1. The lowest BCUT2D eigenvalue weighted by Crippen LogP contribution is -2.32. The number of hydrogen-bond acceptors (Lipinski definition) is 5. The Labute approximate surface area is 205 Å². The van der Waals surface area contributed by atoms with Crippen LogP contribution in [0.15, 0.2) is 71.6 Å². The monoisotopic (exact) mass is 492 g/mol. The summed E-state index contributed by atoms with van der Waals surface area (Å²) in [6.45, 7) is 1.01. The van der Waals surface area contributed by atoms with E-state index in [0.717, 1.165) is 36.8 Å². The summed E-state index contributed by atoms with van der Waals surface area (Å²) in [6, 6.07) is 19.5. The van der Waals surface area contributed by atoms with Crippen LogP contribution in [0.3, 0.4) is 0 Å². The quantitative estimate of drug-likeness (QED) is 0.533. The van der Waals surface area contributed by atoms with Gasteiger partial charge in [-0.3, -0.25) is 4.79 Å². The van der Waals surface area contributed by atoms with E-state index in [0.29, 0.717) is 36.0 Å². The van der Waals surface area contributed by atoms with E-state index in [9.17, 15) is 13.2 Å². The number of methoxy groups -OCH3 is 1. The zero-order valence-electron chi connectivity index (χ0n) is 19.6. The summed E-state index contributed by atoms with van der Waals surface area (Å²) < 4.78 is 39.7. The molecule has 0 saturated carbocycles. The molecule has 3 aromatic carbocycles. The van der Waals surface area contributed by atoms with Gasteiger partial charge in [0.2, 0.25) is 15.9 Å². The van der Waals surface area contributed by atoms with Gasteiger partial charge in [-0.05, 0) is 43.2 Å². The summed E-state index contributed by atoms with van der Waals surface area (Å²) in [6.07, 6.45) is 3.76. The highest BCUT2D eigenvalue weighted by atomic mass is 32.2. The van der Waals surface area contributed by atoms with Crippen LogP contribution in [0, 0.1) is 0 Å². The molecule has 0 spiro atoms. The molecule has 0 bridgehead atoms. The fourth-order valence-electron chi connectivity index (χ4n) is 4.77. The third-order valence-corrected chi connectivity index (χ3v) is 8.47. The third kappa shape index (κ3) is 4.51. The molecule has 1 fully saturated rings. The first-order valence-corrected chi connectivity index (χ1v) is 13.3. The summed E-state index contributed by atoms with van der Waals surface area (Å²) >= 11 is 0. The van der Waals surface area contributed by atoms with E-state index in [1.807, 2.05) is 48.5 Å². The van der Waals surface area contributed by atoms with Gasteiger partial charge in [0.05, 0.1) is 23.6 Å². The smallest absolute Gasteiger partial charge is 0.243 e.